The van der Waals surface area contributed by atoms with E-state index in [-0.39, 0.29) is 24.8 Å². The van der Waals surface area contributed by atoms with Crippen LogP contribution in [0.2, 0.25) is 5.02 Å². The maximum absolute atomic E-state index is 12.1. The van der Waals surface area contributed by atoms with Crippen molar-refractivity contribution in [2.75, 3.05) is 19.0 Å². The molecule has 0 fully saturated rings. The number of aryl methyl sites for hydroxylation is 1. The molecular weight excluding hydrogens is 354 g/mol. The molecule has 2 aromatic carbocycles. The second kappa shape index (κ2) is 9.22. The Morgan fingerprint density at radius 3 is 2.50 bits per heavy atom. The van der Waals surface area contributed by atoms with Gasteiger partial charge in [-0.1, -0.05) is 23.7 Å². The van der Waals surface area contributed by atoms with Crippen LogP contribution in [-0.4, -0.2) is 25.5 Å². The van der Waals surface area contributed by atoms with Crippen LogP contribution in [0.4, 0.5) is 5.69 Å². The van der Waals surface area contributed by atoms with Gasteiger partial charge in [0, 0.05) is 36.2 Å². The van der Waals surface area contributed by atoms with E-state index in [9.17, 15) is 9.59 Å². The normalized spacial score (nSPS) is 10.3. The highest BCUT2D eigenvalue weighted by Gasteiger charge is 2.11. The van der Waals surface area contributed by atoms with Gasteiger partial charge in [0.2, 0.25) is 5.91 Å². The van der Waals surface area contributed by atoms with Crippen molar-refractivity contribution in [3.8, 4) is 5.75 Å². The first-order chi connectivity index (χ1) is 12.4. The van der Waals surface area contributed by atoms with Crippen molar-refractivity contribution >= 4 is 29.1 Å². The predicted molar refractivity (Wildman–Crippen MR) is 103 cm³/mol. The summed E-state index contributed by atoms with van der Waals surface area (Å²) in [4.78, 5) is 24.2. The zero-order valence-corrected chi connectivity index (χ0v) is 15.5. The Hall–Kier alpha value is -2.57. The van der Waals surface area contributed by atoms with E-state index in [0.29, 0.717) is 28.6 Å². The maximum Gasteiger partial charge on any atom is 0.251 e. The van der Waals surface area contributed by atoms with E-state index in [0.717, 1.165) is 11.1 Å². The van der Waals surface area contributed by atoms with Gasteiger partial charge in [0.15, 0.2) is 0 Å². The quantitative estimate of drug-likeness (QED) is 0.693. The molecule has 0 aliphatic rings. The Kier molecular flexibility index (Phi) is 7.00. The molecule has 2 rings (SSSR count). The lowest BCUT2D eigenvalue weighted by Crippen LogP contribution is -2.27. The molecular formula is C19H22ClN3O3. The highest BCUT2D eigenvalue weighted by molar-refractivity contribution is 6.31. The molecule has 26 heavy (non-hydrogen) atoms. The lowest BCUT2D eigenvalue weighted by Gasteiger charge is -2.12. The summed E-state index contributed by atoms with van der Waals surface area (Å²) in [5.41, 5.74) is 8.38. The van der Waals surface area contributed by atoms with Crippen molar-refractivity contribution < 1.29 is 14.3 Å². The largest absolute Gasteiger partial charge is 0.495 e. The molecule has 0 saturated carbocycles. The van der Waals surface area contributed by atoms with Crippen molar-refractivity contribution in [3.63, 3.8) is 0 Å². The predicted octanol–water partition coefficient (Wildman–Crippen LogP) is 2.87. The van der Waals surface area contributed by atoms with Gasteiger partial charge in [-0.25, -0.2) is 0 Å². The Balaban J connectivity index is 1.87. The Labute approximate surface area is 157 Å². The van der Waals surface area contributed by atoms with Crippen LogP contribution in [0.25, 0.3) is 0 Å². The Bertz CT molecular complexity index is 791. The monoisotopic (exact) mass is 375 g/mol. The molecule has 4 N–H and O–H groups in total. The molecule has 0 saturated heterocycles. The molecule has 2 amide bonds. The number of hydrogen-bond acceptors (Lipinski definition) is 4. The minimum absolute atomic E-state index is 0.136. The number of hydrogen-bond donors (Lipinski definition) is 3. The third-order valence-corrected chi connectivity index (χ3v) is 4.25. The summed E-state index contributed by atoms with van der Waals surface area (Å²) in [6.07, 6.45) is 0.136. The van der Waals surface area contributed by atoms with Gasteiger partial charge >= 0.3 is 0 Å². The standard InChI is InChI=1S/C19H22ClN3O3/c1-12-9-16(17(26-2)10-15(12)20)23-18(24)7-8-22-19(25)14-5-3-13(11-21)4-6-14/h3-6,9-10H,7-8,11,21H2,1-2H3,(H,22,25)(H,23,24). The van der Waals surface area contributed by atoms with Crippen molar-refractivity contribution in [2.24, 2.45) is 5.73 Å². The highest BCUT2D eigenvalue weighted by atomic mass is 35.5. The Morgan fingerprint density at radius 1 is 1.19 bits per heavy atom. The summed E-state index contributed by atoms with van der Waals surface area (Å²) < 4.78 is 5.22. The fourth-order valence-electron chi connectivity index (χ4n) is 2.33. The van der Waals surface area contributed by atoms with E-state index in [1.54, 1.807) is 36.4 Å². The van der Waals surface area contributed by atoms with Gasteiger partial charge in [0.1, 0.15) is 5.75 Å². The molecule has 0 heterocycles. The molecule has 0 bridgehead atoms. The number of nitrogens with one attached hydrogen (secondary N) is 2. The van der Waals surface area contributed by atoms with Gasteiger partial charge in [-0.3, -0.25) is 9.59 Å². The van der Waals surface area contributed by atoms with E-state index in [4.69, 9.17) is 22.1 Å². The summed E-state index contributed by atoms with van der Waals surface area (Å²) in [5.74, 6) is 0.0167. The van der Waals surface area contributed by atoms with Crippen LogP contribution in [0, 0.1) is 6.92 Å². The molecule has 6 nitrogen and oxygen atoms in total. The topological polar surface area (TPSA) is 93.5 Å². The van der Waals surface area contributed by atoms with E-state index in [1.807, 2.05) is 6.92 Å². The smallest absolute Gasteiger partial charge is 0.251 e. The van der Waals surface area contributed by atoms with E-state index < -0.39 is 0 Å². The number of methoxy groups -OCH3 is 1. The summed E-state index contributed by atoms with van der Waals surface area (Å²) >= 11 is 6.05. The summed E-state index contributed by atoms with van der Waals surface area (Å²) in [7, 11) is 1.51. The minimum Gasteiger partial charge on any atom is -0.495 e. The van der Waals surface area contributed by atoms with Crippen LogP contribution in [-0.2, 0) is 11.3 Å². The number of benzene rings is 2. The van der Waals surface area contributed by atoms with Crippen LogP contribution in [0.1, 0.15) is 27.9 Å². The molecule has 0 radical (unpaired) electrons. The molecule has 0 aliphatic heterocycles. The molecule has 0 spiro atoms. The number of amides is 2. The molecule has 2 aromatic rings. The highest BCUT2D eigenvalue weighted by Crippen LogP contribution is 2.30. The number of ether oxygens (including phenoxy) is 1. The number of anilines is 1. The zero-order valence-electron chi connectivity index (χ0n) is 14.8. The van der Waals surface area contributed by atoms with Gasteiger partial charge in [-0.15, -0.1) is 0 Å². The molecule has 138 valence electrons. The fraction of sp³-hybridized carbons (Fsp3) is 0.263. The van der Waals surface area contributed by atoms with Gasteiger partial charge < -0.3 is 21.1 Å². The van der Waals surface area contributed by atoms with Crippen LogP contribution < -0.4 is 21.1 Å². The average Bonchev–Trinajstić information content (AvgIpc) is 2.64. The van der Waals surface area contributed by atoms with Crippen molar-refractivity contribution in [2.45, 2.75) is 19.9 Å². The second-order valence-corrected chi connectivity index (χ2v) is 6.16. The summed E-state index contributed by atoms with van der Waals surface area (Å²) in [5, 5.41) is 6.05. The molecule has 0 atom stereocenters. The van der Waals surface area contributed by atoms with Crippen molar-refractivity contribution in [3.05, 3.63) is 58.1 Å². The van der Waals surface area contributed by atoms with Crippen molar-refractivity contribution in [1.29, 1.82) is 0 Å². The Morgan fingerprint density at radius 2 is 1.88 bits per heavy atom. The zero-order chi connectivity index (χ0) is 19.1. The van der Waals surface area contributed by atoms with Crippen LogP contribution >= 0.6 is 11.6 Å². The lowest BCUT2D eigenvalue weighted by molar-refractivity contribution is -0.116. The van der Waals surface area contributed by atoms with Gasteiger partial charge in [-0.2, -0.15) is 0 Å². The van der Waals surface area contributed by atoms with Gasteiger partial charge in [0.25, 0.3) is 5.91 Å². The van der Waals surface area contributed by atoms with Crippen LogP contribution in [0.3, 0.4) is 0 Å². The third kappa shape index (κ3) is 5.21. The molecule has 7 heteroatoms. The third-order valence-electron chi connectivity index (χ3n) is 3.84. The molecule has 0 aromatic heterocycles. The van der Waals surface area contributed by atoms with E-state index >= 15 is 0 Å². The SMILES string of the molecule is COc1cc(Cl)c(C)cc1NC(=O)CCNC(=O)c1ccc(CN)cc1. The number of nitrogens with two attached hydrogens (primary N) is 1. The first kappa shape index (κ1) is 19.8. The van der Waals surface area contributed by atoms with E-state index in [2.05, 4.69) is 10.6 Å². The fourth-order valence-corrected chi connectivity index (χ4v) is 2.48. The number of carbonyl (C=O) groups is 2. The second-order valence-electron chi connectivity index (χ2n) is 5.76. The first-order valence-electron chi connectivity index (χ1n) is 8.15. The first-order valence-corrected chi connectivity index (χ1v) is 8.53. The number of halogens is 1. The summed E-state index contributed by atoms with van der Waals surface area (Å²) in [6, 6.07) is 10.4. The summed E-state index contributed by atoms with van der Waals surface area (Å²) in [6.45, 7) is 2.49. The molecule has 0 unspecified atom stereocenters. The number of carbonyl (C=O) groups excluding carboxylic acids is 2. The van der Waals surface area contributed by atoms with Crippen LogP contribution in [0.15, 0.2) is 36.4 Å². The number of rotatable bonds is 7. The van der Waals surface area contributed by atoms with Gasteiger partial charge in [-0.05, 0) is 36.2 Å². The van der Waals surface area contributed by atoms with Gasteiger partial charge in [0.05, 0.1) is 12.8 Å². The van der Waals surface area contributed by atoms with E-state index in [1.165, 1.54) is 7.11 Å². The maximum atomic E-state index is 12.1. The average molecular weight is 376 g/mol. The van der Waals surface area contributed by atoms with Crippen LogP contribution in [0.5, 0.6) is 5.75 Å². The molecule has 0 aliphatic carbocycles. The minimum atomic E-state index is -0.235. The van der Waals surface area contributed by atoms with Crippen molar-refractivity contribution in [1.82, 2.24) is 5.32 Å². The lowest BCUT2D eigenvalue weighted by atomic mass is 10.1.